The second-order valence-corrected chi connectivity index (χ2v) is 4.76. The third kappa shape index (κ3) is 2.59. The van der Waals surface area contributed by atoms with Gasteiger partial charge in [0.05, 0.1) is 5.52 Å². The van der Waals surface area contributed by atoms with E-state index in [0.29, 0.717) is 12.4 Å². The molecular formula is C14H19ClN6. The van der Waals surface area contributed by atoms with E-state index in [1.54, 1.807) is 0 Å². The summed E-state index contributed by atoms with van der Waals surface area (Å²) in [6, 6.07) is 7.94. The Kier molecular flexibility index (Phi) is 4.50. The van der Waals surface area contributed by atoms with Gasteiger partial charge < -0.3 is 16.9 Å². The smallest absolute Gasteiger partial charge is 0.152 e. The molecule has 3 rings (SSSR count). The Morgan fingerprint density at radius 3 is 2.76 bits per heavy atom. The summed E-state index contributed by atoms with van der Waals surface area (Å²) in [6.45, 7) is 3.39. The van der Waals surface area contributed by atoms with Gasteiger partial charge in [0.15, 0.2) is 5.82 Å². The number of pyridine rings is 1. The van der Waals surface area contributed by atoms with Gasteiger partial charge in [0, 0.05) is 11.9 Å². The van der Waals surface area contributed by atoms with Crippen molar-refractivity contribution in [1.29, 1.82) is 0 Å². The SMILES string of the molecule is Cc1nc2c(N)nc3ccccc3c2n1NCCCN.Cl. The zero-order chi connectivity index (χ0) is 14.1. The average Bonchev–Trinajstić information content (AvgIpc) is 2.78. The molecule has 2 heterocycles. The van der Waals surface area contributed by atoms with Crippen LogP contribution in [0.4, 0.5) is 5.82 Å². The van der Waals surface area contributed by atoms with Crippen LogP contribution < -0.4 is 16.9 Å². The number of anilines is 1. The lowest BCUT2D eigenvalue weighted by molar-refractivity contribution is 0.769. The lowest BCUT2D eigenvalue weighted by Gasteiger charge is -2.11. The predicted octanol–water partition coefficient (Wildman–Crippen LogP) is 1.79. The number of hydrogen-bond donors (Lipinski definition) is 3. The Bertz CT molecular complexity index is 767. The Morgan fingerprint density at radius 2 is 2.00 bits per heavy atom. The van der Waals surface area contributed by atoms with E-state index < -0.39 is 0 Å². The molecule has 1 aromatic carbocycles. The molecule has 0 saturated heterocycles. The topological polar surface area (TPSA) is 94.8 Å². The first kappa shape index (κ1) is 15.3. The van der Waals surface area contributed by atoms with Crippen LogP contribution in [0.25, 0.3) is 21.9 Å². The molecule has 0 aliphatic heterocycles. The van der Waals surface area contributed by atoms with Gasteiger partial charge in [-0.15, -0.1) is 12.4 Å². The van der Waals surface area contributed by atoms with Gasteiger partial charge in [0.25, 0.3) is 0 Å². The fraction of sp³-hybridized carbons (Fsp3) is 0.286. The van der Waals surface area contributed by atoms with E-state index in [1.807, 2.05) is 35.9 Å². The second kappa shape index (κ2) is 6.15. The zero-order valence-corrected chi connectivity index (χ0v) is 12.7. The van der Waals surface area contributed by atoms with E-state index in [9.17, 15) is 0 Å². The van der Waals surface area contributed by atoms with Crippen LogP contribution in [0.5, 0.6) is 0 Å². The minimum absolute atomic E-state index is 0. The van der Waals surface area contributed by atoms with Crippen molar-refractivity contribution < 1.29 is 0 Å². The molecule has 0 saturated carbocycles. The van der Waals surface area contributed by atoms with Crippen molar-refractivity contribution in [2.45, 2.75) is 13.3 Å². The maximum Gasteiger partial charge on any atom is 0.152 e. The molecule has 3 aromatic rings. The van der Waals surface area contributed by atoms with Crippen molar-refractivity contribution in [2.75, 3.05) is 24.2 Å². The minimum atomic E-state index is 0. The van der Waals surface area contributed by atoms with Crippen LogP contribution in [0.15, 0.2) is 24.3 Å². The fourth-order valence-corrected chi connectivity index (χ4v) is 2.40. The highest BCUT2D eigenvalue weighted by Gasteiger charge is 2.14. The number of aryl methyl sites for hydroxylation is 1. The summed E-state index contributed by atoms with van der Waals surface area (Å²) in [5.74, 6) is 1.32. The number of nitrogens with one attached hydrogen (secondary N) is 1. The Morgan fingerprint density at radius 1 is 1.24 bits per heavy atom. The first-order chi connectivity index (χ1) is 9.72. The summed E-state index contributed by atoms with van der Waals surface area (Å²) < 4.78 is 1.98. The summed E-state index contributed by atoms with van der Waals surface area (Å²) in [6.07, 6.45) is 0.900. The number of nitrogens with zero attached hydrogens (tertiary/aromatic N) is 3. The molecule has 0 radical (unpaired) electrons. The van der Waals surface area contributed by atoms with E-state index in [-0.39, 0.29) is 12.4 Å². The van der Waals surface area contributed by atoms with Gasteiger partial charge >= 0.3 is 0 Å². The highest BCUT2D eigenvalue weighted by Crippen LogP contribution is 2.27. The predicted molar refractivity (Wildman–Crippen MR) is 89.3 cm³/mol. The van der Waals surface area contributed by atoms with Crippen molar-refractivity contribution >= 4 is 40.2 Å². The number of nitrogens with two attached hydrogens (primary N) is 2. The maximum atomic E-state index is 6.02. The van der Waals surface area contributed by atoms with Crippen LogP contribution in [-0.4, -0.2) is 27.7 Å². The first-order valence-corrected chi connectivity index (χ1v) is 6.69. The molecule has 5 N–H and O–H groups in total. The van der Waals surface area contributed by atoms with Gasteiger partial charge in [-0.05, 0) is 26.0 Å². The van der Waals surface area contributed by atoms with Gasteiger partial charge in [0.2, 0.25) is 0 Å². The summed E-state index contributed by atoms with van der Waals surface area (Å²) in [5.41, 5.74) is 17.5. The van der Waals surface area contributed by atoms with E-state index in [2.05, 4.69) is 15.4 Å². The molecule has 112 valence electrons. The molecule has 0 spiro atoms. The summed E-state index contributed by atoms with van der Waals surface area (Å²) in [7, 11) is 0. The van der Waals surface area contributed by atoms with Crippen molar-refractivity contribution in [3.8, 4) is 0 Å². The molecule has 0 unspecified atom stereocenters. The maximum absolute atomic E-state index is 6.02. The largest absolute Gasteiger partial charge is 0.382 e. The fourth-order valence-electron chi connectivity index (χ4n) is 2.40. The van der Waals surface area contributed by atoms with E-state index in [4.69, 9.17) is 11.5 Å². The zero-order valence-electron chi connectivity index (χ0n) is 11.8. The lowest BCUT2D eigenvalue weighted by Crippen LogP contribution is -2.19. The normalized spacial score (nSPS) is 10.8. The Labute approximate surface area is 128 Å². The van der Waals surface area contributed by atoms with Crippen LogP contribution in [0.2, 0.25) is 0 Å². The standard InChI is InChI=1S/C14H18N6.ClH/c1-9-18-12-13(20(9)17-8-4-7-15)10-5-2-3-6-11(10)19-14(12)16;/h2-3,5-6,17H,4,7-8,15H2,1H3,(H2,16,19);1H. The van der Waals surface area contributed by atoms with Crippen molar-refractivity contribution in [2.24, 2.45) is 5.73 Å². The van der Waals surface area contributed by atoms with Crippen LogP contribution in [-0.2, 0) is 0 Å². The third-order valence-electron chi connectivity index (χ3n) is 3.34. The molecule has 0 atom stereocenters. The Hall–Kier alpha value is -2.05. The molecule has 0 aliphatic carbocycles. The minimum Gasteiger partial charge on any atom is -0.382 e. The second-order valence-electron chi connectivity index (χ2n) is 4.76. The van der Waals surface area contributed by atoms with Crippen LogP contribution in [0.3, 0.4) is 0 Å². The number of halogens is 1. The van der Waals surface area contributed by atoms with Gasteiger partial charge in [-0.25, -0.2) is 14.6 Å². The van der Waals surface area contributed by atoms with E-state index in [0.717, 1.165) is 40.7 Å². The number of nitrogen functional groups attached to an aromatic ring is 1. The van der Waals surface area contributed by atoms with Gasteiger partial charge in [-0.1, -0.05) is 18.2 Å². The van der Waals surface area contributed by atoms with Gasteiger partial charge in [0.1, 0.15) is 16.9 Å². The number of para-hydroxylation sites is 1. The third-order valence-corrected chi connectivity index (χ3v) is 3.34. The molecule has 0 amide bonds. The molecule has 7 heteroatoms. The van der Waals surface area contributed by atoms with Crippen LogP contribution in [0, 0.1) is 6.92 Å². The quantitative estimate of drug-likeness (QED) is 0.639. The highest BCUT2D eigenvalue weighted by molar-refractivity contribution is 6.06. The Balaban J connectivity index is 0.00000161. The summed E-state index contributed by atoms with van der Waals surface area (Å²) >= 11 is 0. The number of aromatic nitrogens is 3. The van der Waals surface area contributed by atoms with Crippen molar-refractivity contribution in [3.63, 3.8) is 0 Å². The average molecular weight is 307 g/mol. The number of hydrogen-bond acceptors (Lipinski definition) is 5. The molecule has 21 heavy (non-hydrogen) atoms. The van der Waals surface area contributed by atoms with E-state index in [1.165, 1.54) is 0 Å². The van der Waals surface area contributed by atoms with Crippen molar-refractivity contribution in [3.05, 3.63) is 30.1 Å². The molecule has 0 fully saturated rings. The number of fused-ring (bicyclic) bond motifs is 3. The van der Waals surface area contributed by atoms with Crippen LogP contribution >= 0.6 is 12.4 Å². The summed E-state index contributed by atoms with van der Waals surface area (Å²) in [4.78, 5) is 8.93. The molecule has 0 bridgehead atoms. The highest BCUT2D eigenvalue weighted by atomic mass is 35.5. The molecule has 6 nitrogen and oxygen atoms in total. The van der Waals surface area contributed by atoms with Crippen molar-refractivity contribution in [1.82, 2.24) is 14.6 Å². The van der Waals surface area contributed by atoms with E-state index >= 15 is 0 Å². The summed E-state index contributed by atoms with van der Waals surface area (Å²) in [5, 5.41) is 1.04. The first-order valence-electron chi connectivity index (χ1n) is 6.69. The molecule has 0 aliphatic rings. The molecule has 2 aromatic heterocycles. The number of rotatable bonds is 4. The number of benzene rings is 1. The van der Waals surface area contributed by atoms with Gasteiger partial charge in [-0.3, -0.25) is 0 Å². The number of imidazole rings is 1. The van der Waals surface area contributed by atoms with Gasteiger partial charge in [-0.2, -0.15) is 0 Å². The van der Waals surface area contributed by atoms with Crippen LogP contribution in [0.1, 0.15) is 12.2 Å². The lowest BCUT2D eigenvalue weighted by atomic mass is 10.2. The monoisotopic (exact) mass is 306 g/mol. The molecular weight excluding hydrogens is 288 g/mol.